The van der Waals surface area contributed by atoms with Gasteiger partial charge in [0.2, 0.25) is 0 Å². The van der Waals surface area contributed by atoms with E-state index in [1.54, 1.807) is 6.07 Å². The molecule has 0 unspecified atom stereocenters. The van der Waals surface area contributed by atoms with Crippen molar-refractivity contribution in [2.24, 2.45) is 0 Å². The van der Waals surface area contributed by atoms with E-state index in [2.05, 4.69) is 4.98 Å². The molecule has 0 spiro atoms. The smallest absolute Gasteiger partial charge is 0.161 e. The van der Waals surface area contributed by atoms with E-state index < -0.39 is 0 Å². The van der Waals surface area contributed by atoms with Crippen LogP contribution in [0.1, 0.15) is 18.9 Å². The summed E-state index contributed by atoms with van der Waals surface area (Å²) in [7, 11) is 0. The van der Waals surface area contributed by atoms with Crippen molar-refractivity contribution in [2.45, 2.75) is 20.8 Å². The number of thiazole rings is 1. The molecule has 0 aliphatic carbocycles. The maximum absolute atomic E-state index is 13.3. The zero-order chi connectivity index (χ0) is 10.7. The Morgan fingerprint density at radius 1 is 1.36 bits per heavy atom. The van der Waals surface area contributed by atoms with Crippen LogP contribution in [0, 0.1) is 12.7 Å². The van der Waals surface area contributed by atoms with E-state index in [0.29, 0.717) is 10.2 Å². The third kappa shape index (κ3) is 2.04. The minimum absolute atomic E-state index is 0.158. The molecule has 0 saturated carbocycles. The SMILES string of the molecule is CC.Cc1nc2ccc(Cl)c(F)c2s1. The Kier molecular flexibility index (Phi) is 3.84. The van der Waals surface area contributed by atoms with E-state index >= 15 is 0 Å². The molecule has 14 heavy (non-hydrogen) atoms. The van der Waals surface area contributed by atoms with Gasteiger partial charge in [0.05, 0.1) is 20.2 Å². The predicted octanol–water partition coefficient (Wildman–Crippen LogP) is 4.42. The van der Waals surface area contributed by atoms with Gasteiger partial charge < -0.3 is 0 Å². The normalized spacial score (nSPS) is 9.79. The van der Waals surface area contributed by atoms with Gasteiger partial charge in [-0.1, -0.05) is 25.4 Å². The van der Waals surface area contributed by atoms with Crippen molar-refractivity contribution in [3.8, 4) is 0 Å². The molecular weight excluding hydrogens is 221 g/mol. The lowest BCUT2D eigenvalue weighted by atomic mass is 10.3. The molecule has 1 nitrogen and oxygen atoms in total. The van der Waals surface area contributed by atoms with Crippen LogP contribution in [0.5, 0.6) is 0 Å². The summed E-state index contributed by atoms with van der Waals surface area (Å²) in [4.78, 5) is 4.13. The number of rotatable bonds is 0. The number of halogens is 2. The number of benzene rings is 1. The van der Waals surface area contributed by atoms with Crippen LogP contribution in [-0.2, 0) is 0 Å². The molecule has 1 aromatic heterocycles. The summed E-state index contributed by atoms with van der Waals surface area (Å²) in [6, 6.07) is 3.25. The third-order valence-corrected chi connectivity index (χ3v) is 2.83. The second-order valence-corrected chi connectivity index (χ2v) is 4.05. The van der Waals surface area contributed by atoms with Crippen molar-refractivity contribution in [3.05, 3.63) is 28.0 Å². The molecule has 0 N–H and O–H groups in total. The lowest BCUT2D eigenvalue weighted by molar-refractivity contribution is 0.642. The molecule has 0 bridgehead atoms. The minimum atomic E-state index is -0.361. The molecule has 0 amide bonds. The Labute approximate surface area is 91.5 Å². The Balaban J connectivity index is 0.000000461. The van der Waals surface area contributed by atoms with Crippen LogP contribution in [0.3, 0.4) is 0 Å². The van der Waals surface area contributed by atoms with Gasteiger partial charge in [-0.2, -0.15) is 0 Å². The van der Waals surface area contributed by atoms with E-state index in [1.165, 1.54) is 17.4 Å². The summed E-state index contributed by atoms with van der Waals surface area (Å²) in [5.41, 5.74) is 0.680. The Morgan fingerprint density at radius 3 is 2.64 bits per heavy atom. The summed E-state index contributed by atoms with van der Waals surface area (Å²) in [6.07, 6.45) is 0. The second-order valence-electron chi connectivity index (χ2n) is 2.44. The highest BCUT2D eigenvalue weighted by molar-refractivity contribution is 7.18. The summed E-state index contributed by atoms with van der Waals surface area (Å²) in [5, 5.41) is 1.01. The number of hydrogen-bond acceptors (Lipinski definition) is 2. The maximum atomic E-state index is 13.3. The molecule has 4 heteroatoms. The first-order valence-electron chi connectivity index (χ1n) is 4.39. The van der Waals surface area contributed by atoms with Crippen molar-refractivity contribution >= 4 is 33.2 Å². The number of nitrogens with zero attached hydrogens (tertiary/aromatic N) is 1. The topological polar surface area (TPSA) is 12.9 Å². The van der Waals surface area contributed by atoms with Crippen LogP contribution >= 0.6 is 22.9 Å². The van der Waals surface area contributed by atoms with Gasteiger partial charge in [-0.15, -0.1) is 11.3 Å². The number of fused-ring (bicyclic) bond motifs is 1. The summed E-state index contributed by atoms with van der Waals surface area (Å²) < 4.78 is 13.8. The largest absolute Gasteiger partial charge is 0.241 e. The Hall–Kier alpha value is -0.670. The maximum Gasteiger partial charge on any atom is 0.161 e. The predicted molar refractivity (Wildman–Crippen MR) is 60.7 cm³/mol. The van der Waals surface area contributed by atoms with E-state index in [9.17, 15) is 4.39 Å². The lowest BCUT2D eigenvalue weighted by Crippen LogP contribution is -1.76. The highest BCUT2D eigenvalue weighted by atomic mass is 35.5. The molecule has 1 aromatic carbocycles. The lowest BCUT2D eigenvalue weighted by Gasteiger charge is -1.92. The summed E-state index contributed by atoms with van der Waals surface area (Å²) in [6.45, 7) is 5.85. The van der Waals surface area contributed by atoms with Crippen LogP contribution in [0.4, 0.5) is 4.39 Å². The Bertz CT molecular complexity index is 439. The van der Waals surface area contributed by atoms with Crippen molar-refractivity contribution in [2.75, 3.05) is 0 Å². The molecule has 0 aliphatic rings. The zero-order valence-corrected chi connectivity index (χ0v) is 9.84. The van der Waals surface area contributed by atoms with Gasteiger partial charge in [0.1, 0.15) is 0 Å². The van der Waals surface area contributed by atoms with Crippen molar-refractivity contribution < 1.29 is 4.39 Å². The van der Waals surface area contributed by atoms with Gasteiger partial charge >= 0.3 is 0 Å². The Morgan fingerprint density at radius 2 is 2.00 bits per heavy atom. The molecule has 2 rings (SSSR count). The first-order valence-corrected chi connectivity index (χ1v) is 5.59. The van der Waals surface area contributed by atoms with E-state index in [-0.39, 0.29) is 10.8 Å². The molecule has 2 aromatic rings. The van der Waals surface area contributed by atoms with Crippen LogP contribution in [0.15, 0.2) is 12.1 Å². The first kappa shape index (κ1) is 11.4. The zero-order valence-electron chi connectivity index (χ0n) is 8.27. The first-order chi connectivity index (χ1) is 6.68. The van der Waals surface area contributed by atoms with Gasteiger partial charge in [0, 0.05) is 0 Å². The molecule has 76 valence electrons. The quantitative estimate of drug-likeness (QED) is 0.654. The average molecular weight is 232 g/mol. The van der Waals surface area contributed by atoms with Crippen molar-refractivity contribution in [1.82, 2.24) is 4.98 Å². The van der Waals surface area contributed by atoms with Gasteiger partial charge in [-0.3, -0.25) is 0 Å². The number of aromatic nitrogens is 1. The highest BCUT2D eigenvalue weighted by Gasteiger charge is 2.08. The molecule has 0 atom stereocenters. The van der Waals surface area contributed by atoms with Gasteiger partial charge in [0.15, 0.2) is 5.82 Å². The minimum Gasteiger partial charge on any atom is -0.241 e. The fourth-order valence-electron chi connectivity index (χ4n) is 1.05. The summed E-state index contributed by atoms with van der Waals surface area (Å²) in [5.74, 6) is -0.361. The van der Waals surface area contributed by atoms with Gasteiger partial charge in [-0.05, 0) is 19.1 Å². The van der Waals surface area contributed by atoms with E-state index in [0.717, 1.165) is 5.01 Å². The molecule has 0 radical (unpaired) electrons. The second kappa shape index (κ2) is 4.71. The van der Waals surface area contributed by atoms with E-state index in [4.69, 9.17) is 11.6 Å². The van der Waals surface area contributed by atoms with Gasteiger partial charge in [0.25, 0.3) is 0 Å². The molecule has 0 saturated heterocycles. The number of hydrogen-bond donors (Lipinski definition) is 0. The van der Waals surface area contributed by atoms with Gasteiger partial charge in [-0.25, -0.2) is 9.37 Å². The monoisotopic (exact) mass is 231 g/mol. The van der Waals surface area contributed by atoms with Crippen molar-refractivity contribution in [3.63, 3.8) is 0 Å². The fraction of sp³-hybridized carbons (Fsp3) is 0.300. The summed E-state index contributed by atoms with van der Waals surface area (Å²) >= 11 is 6.92. The third-order valence-electron chi connectivity index (χ3n) is 1.56. The van der Waals surface area contributed by atoms with Crippen LogP contribution in [0.25, 0.3) is 10.2 Å². The highest BCUT2D eigenvalue weighted by Crippen LogP contribution is 2.28. The molecule has 0 aliphatic heterocycles. The van der Waals surface area contributed by atoms with Crippen LogP contribution in [-0.4, -0.2) is 4.98 Å². The molecular formula is C10H11ClFNS. The number of aryl methyl sites for hydroxylation is 1. The van der Waals surface area contributed by atoms with Crippen molar-refractivity contribution in [1.29, 1.82) is 0 Å². The van der Waals surface area contributed by atoms with Crippen LogP contribution < -0.4 is 0 Å². The fourth-order valence-corrected chi connectivity index (χ4v) is 2.12. The van der Waals surface area contributed by atoms with E-state index in [1.807, 2.05) is 20.8 Å². The standard InChI is InChI=1S/C8H5ClFNS.C2H6/c1-4-11-6-3-2-5(9)7(10)8(6)12-4;1-2/h2-3H,1H3;1-2H3. The average Bonchev–Trinajstić information content (AvgIpc) is 2.57. The van der Waals surface area contributed by atoms with Crippen LogP contribution in [0.2, 0.25) is 5.02 Å². The molecule has 0 fully saturated rings. The molecule has 1 heterocycles.